The van der Waals surface area contributed by atoms with Crippen molar-refractivity contribution in [2.75, 3.05) is 36.0 Å². The normalized spacial score (nSPS) is 15.2. The number of anilines is 2. The highest BCUT2D eigenvalue weighted by molar-refractivity contribution is 5.56. The Kier molecular flexibility index (Phi) is 3.99. The Morgan fingerprint density at radius 3 is 2.40 bits per heavy atom. The van der Waals surface area contributed by atoms with Crippen molar-refractivity contribution in [2.24, 2.45) is 0 Å². The van der Waals surface area contributed by atoms with E-state index in [0.717, 1.165) is 49.8 Å². The van der Waals surface area contributed by atoms with Crippen LogP contribution in [0.1, 0.15) is 18.2 Å². The maximum atomic E-state index is 13.1. The molecule has 0 saturated carbocycles. The molecule has 2 aromatic heterocycles. The summed E-state index contributed by atoms with van der Waals surface area (Å²) in [5, 5.41) is 4.38. The van der Waals surface area contributed by atoms with Gasteiger partial charge in [0.05, 0.1) is 0 Å². The summed E-state index contributed by atoms with van der Waals surface area (Å²) in [6.07, 6.45) is 2.46. The molecule has 0 bridgehead atoms. The lowest BCUT2D eigenvalue weighted by molar-refractivity contribution is 0.621. The van der Waals surface area contributed by atoms with Crippen molar-refractivity contribution in [1.82, 2.24) is 19.6 Å². The lowest BCUT2D eigenvalue weighted by Crippen LogP contribution is -2.47. The minimum atomic E-state index is -0.198. The molecule has 1 aromatic carbocycles. The fourth-order valence-corrected chi connectivity index (χ4v) is 3.54. The van der Waals surface area contributed by atoms with Crippen LogP contribution in [0.5, 0.6) is 0 Å². The number of aryl methyl sites for hydroxylation is 1. The Bertz CT molecular complexity index is 880. The van der Waals surface area contributed by atoms with E-state index in [4.69, 9.17) is 0 Å². The highest BCUT2D eigenvalue weighted by atomic mass is 19.1. The lowest BCUT2D eigenvalue weighted by atomic mass is 10.1. The van der Waals surface area contributed by atoms with Gasteiger partial charge in [-0.15, -0.1) is 0 Å². The van der Waals surface area contributed by atoms with E-state index >= 15 is 0 Å². The van der Waals surface area contributed by atoms with E-state index in [1.807, 2.05) is 23.6 Å². The molecule has 1 aliphatic rings. The zero-order valence-electron chi connectivity index (χ0n) is 14.5. The first-order chi connectivity index (χ1) is 12.2. The summed E-state index contributed by atoms with van der Waals surface area (Å²) >= 11 is 0. The van der Waals surface area contributed by atoms with Gasteiger partial charge in [0.1, 0.15) is 18.0 Å². The van der Waals surface area contributed by atoms with Gasteiger partial charge in [-0.05, 0) is 37.6 Å². The molecular formula is C18H21FN6. The van der Waals surface area contributed by atoms with Crippen molar-refractivity contribution in [3.05, 3.63) is 47.7 Å². The quantitative estimate of drug-likeness (QED) is 0.733. The number of halogens is 1. The molecule has 0 radical (unpaired) electrons. The molecular weight excluding hydrogens is 319 g/mol. The van der Waals surface area contributed by atoms with Crippen LogP contribution >= 0.6 is 0 Å². The van der Waals surface area contributed by atoms with E-state index in [1.165, 1.54) is 17.7 Å². The van der Waals surface area contributed by atoms with Gasteiger partial charge in [0.15, 0.2) is 0 Å². The monoisotopic (exact) mass is 340 g/mol. The summed E-state index contributed by atoms with van der Waals surface area (Å²) in [4.78, 5) is 13.4. The zero-order valence-corrected chi connectivity index (χ0v) is 14.5. The second-order valence-corrected chi connectivity index (χ2v) is 6.28. The minimum Gasteiger partial charge on any atom is -0.368 e. The second kappa shape index (κ2) is 6.31. The summed E-state index contributed by atoms with van der Waals surface area (Å²) in [7, 11) is 0. The largest absolute Gasteiger partial charge is 0.368 e. The number of hydrogen-bond acceptors (Lipinski definition) is 5. The van der Waals surface area contributed by atoms with E-state index in [0.29, 0.717) is 5.78 Å². The van der Waals surface area contributed by atoms with Crippen LogP contribution in [-0.2, 0) is 6.42 Å². The lowest BCUT2D eigenvalue weighted by Gasteiger charge is -2.38. The Morgan fingerprint density at radius 2 is 1.72 bits per heavy atom. The Balaban J connectivity index is 1.61. The van der Waals surface area contributed by atoms with Gasteiger partial charge >= 0.3 is 0 Å². The molecule has 0 N–H and O–H groups in total. The predicted molar refractivity (Wildman–Crippen MR) is 95.7 cm³/mol. The first-order valence-electron chi connectivity index (χ1n) is 8.62. The molecule has 7 heteroatoms. The molecule has 0 spiro atoms. The highest BCUT2D eigenvalue weighted by Gasteiger charge is 2.23. The first kappa shape index (κ1) is 15.8. The third-order valence-electron chi connectivity index (χ3n) is 4.83. The van der Waals surface area contributed by atoms with Gasteiger partial charge < -0.3 is 9.80 Å². The van der Waals surface area contributed by atoms with Gasteiger partial charge in [-0.1, -0.05) is 6.92 Å². The van der Waals surface area contributed by atoms with Crippen LogP contribution in [0.4, 0.5) is 15.9 Å². The van der Waals surface area contributed by atoms with Crippen molar-refractivity contribution in [3.63, 3.8) is 0 Å². The number of piperazine rings is 1. The summed E-state index contributed by atoms with van der Waals surface area (Å²) in [6.45, 7) is 7.70. The van der Waals surface area contributed by atoms with Crippen molar-refractivity contribution in [1.29, 1.82) is 0 Å². The Morgan fingerprint density at radius 1 is 1.04 bits per heavy atom. The van der Waals surface area contributed by atoms with Crippen molar-refractivity contribution < 1.29 is 4.39 Å². The fourth-order valence-electron chi connectivity index (χ4n) is 3.54. The predicted octanol–water partition coefficient (Wildman–Crippen LogP) is 2.46. The molecule has 25 heavy (non-hydrogen) atoms. The van der Waals surface area contributed by atoms with Gasteiger partial charge in [0.25, 0.3) is 5.78 Å². The molecule has 0 atom stereocenters. The summed E-state index contributed by atoms with van der Waals surface area (Å²) in [5.41, 5.74) is 3.29. The maximum Gasteiger partial charge on any atom is 0.254 e. The van der Waals surface area contributed by atoms with E-state index in [1.54, 1.807) is 6.33 Å². The molecule has 3 aromatic rings. The van der Waals surface area contributed by atoms with Crippen LogP contribution in [-0.4, -0.2) is 45.8 Å². The fraction of sp³-hybridized carbons (Fsp3) is 0.389. The van der Waals surface area contributed by atoms with Gasteiger partial charge in [0, 0.05) is 43.1 Å². The van der Waals surface area contributed by atoms with Crippen LogP contribution in [0.2, 0.25) is 0 Å². The van der Waals surface area contributed by atoms with Crippen molar-refractivity contribution in [3.8, 4) is 0 Å². The van der Waals surface area contributed by atoms with Crippen LogP contribution in [0.25, 0.3) is 5.78 Å². The maximum absolute atomic E-state index is 13.1. The number of rotatable bonds is 3. The summed E-state index contributed by atoms with van der Waals surface area (Å²) in [5.74, 6) is 1.54. The average Bonchev–Trinajstić information content (AvgIpc) is 3.09. The number of nitrogens with zero attached hydrogens (tertiary/aromatic N) is 6. The molecule has 0 aliphatic carbocycles. The number of aromatic nitrogens is 4. The molecule has 130 valence electrons. The van der Waals surface area contributed by atoms with Crippen LogP contribution in [0, 0.1) is 12.7 Å². The van der Waals surface area contributed by atoms with Gasteiger partial charge in [-0.25, -0.2) is 9.37 Å². The smallest absolute Gasteiger partial charge is 0.254 e. The molecule has 1 fully saturated rings. The van der Waals surface area contributed by atoms with Gasteiger partial charge in [-0.2, -0.15) is 14.6 Å². The number of fused-ring (bicyclic) bond motifs is 1. The third-order valence-corrected chi connectivity index (χ3v) is 4.83. The third kappa shape index (κ3) is 2.79. The topological polar surface area (TPSA) is 49.6 Å². The molecule has 1 aliphatic heterocycles. The Labute approximate surface area is 145 Å². The van der Waals surface area contributed by atoms with Crippen molar-refractivity contribution >= 4 is 17.3 Å². The van der Waals surface area contributed by atoms with E-state index in [2.05, 4.69) is 31.8 Å². The molecule has 6 nitrogen and oxygen atoms in total. The Hall–Kier alpha value is -2.70. The standard InChI is InChI=1S/C18H21FN6/c1-3-16-13(2)22-18-20-12-21-25(18)17(16)24-10-8-23(9-11-24)15-6-4-14(19)5-7-15/h4-7,12H,3,8-11H2,1-2H3. The number of benzene rings is 1. The average molecular weight is 340 g/mol. The van der Waals surface area contributed by atoms with E-state index in [-0.39, 0.29) is 5.82 Å². The van der Waals surface area contributed by atoms with E-state index in [9.17, 15) is 4.39 Å². The summed E-state index contributed by atoms with van der Waals surface area (Å²) < 4.78 is 15.0. The zero-order chi connectivity index (χ0) is 17.4. The highest BCUT2D eigenvalue weighted by Crippen LogP contribution is 2.26. The molecule has 1 saturated heterocycles. The molecule has 3 heterocycles. The van der Waals surface area contributed by atoms with Crippen molar-refractivity contribution in [2.45, 2.75) is 20.3 Å². The SMILES string of the molecule is CCc1c(C)nc2ncnn2c1N1CCN(c2ccc(F)cc2)CC1. The van der Waals surface area contributed by atoms with Crippen LogP contribution in [0.3, 0.4) is 0 Å². The van der Waals surface area contributed by atoms with Gasteiger partial charge in [-0.3, -0.25) is 0 Å². The molecule has 0 amide bonds. The second-order valence-electron chi connectivity index (χ2n) is 6.28. The van der Waals surface area contributed by atoms with Crippen LogP contribution < -0.4 is 9.80 Å². The van der Waals surface area contributed by atoms with Crippen LogP contribution in [0.15, 0.2) is 30.6 Å². The molecule has 0 unspecified atom stereocenters. The first-order valence-corrected chi connectivity index (χ1v) is 8.62. The number of hydrogen-bond donors (Lipinski definition) is 0. The van der Waals surface area contributed by atoms with E-state index < -0.39 is 0 Å². The summed E-state index contributed by atoms with van der Waals surface area (Å²) in [6, 6.07) is 6.72. The minimum absolute atomic E-state index is 0.198. The van der Waals surface area contributed by atoms with Gasteiger partial charge in [0.2, 0.25) is 0 Å². The molecule has 4 rings (SSSR count).